The second-order valence-electron chi connectivity index (χ2n) is 3.34. The van der Waals surface area contributed by atoms with Crippen molar-refractivity contribution in [2.45, 2.75) is 0 Å². The first-order valence-corrected chi connectivity index (χ1v) is 4.87. The molecule has 0 heterocycles. The molecule has 3 heteroatoms. The van der Waals surface area contributed by atoms with Crippen LogP contribution in [-0.2, 0) is 0 Å². The van der Waals surface area contributed by atoms with Crippen molar-refractivity contribution in [3.05, 3.63) is 71.2 Å². The normalized spacial score (nSPS) is 11.4. The van der Waals surface area contributed by atoms with E-state index in [9.17, 15) is 9.60 Å². The molecule has 0 saturated carbocycles. The first-order chi connectivity index (χ1) is 7.75. The van der Waals surface area contributed by atoms with Gasteiger partial charge in [-0.15, -0.1) is 0 Å². The molecule has 2 nitrogen and oxygen atoms in total. The molecular weight excluding hydrogens is 205 g/mol. The van der Waals surface area contributed by atoms with E-state index in [2.05, 4.69) is 0 Å². The average molecular weight is 215 g/mol. The van der Waals surface area contributed by atoms with Crippen LogP contribution in [0.2, 0.25) is 0 Å². The van der Waals surface area contributed by atoms with Crippen molar-refractivity contribution in [3.63, 3.8) is 0 Å². The van der Waals surface area contributed by atoms with Crippen LogP contribution in [0.1, 0.15) is 5.56 Å². The zero-order valence-corrected chi connectivity index (χ0v) is 8.51. The standard InChI is InChI=1S/C13H10FNO/c14-12-6-8-13(9-7-12)15(16)10-11-4-2-1-3-5-11/h1-10H. The largest absolute Gasteiger partial charge is 0.618 e. The molecule has 0 atom stereocenters. The molecule has 2 rings (SSSR count). The van der Waals surface area contributed by atoms with Gasteiger partial charge in [-0.3, -0.25) is 0 Å². The molecule has 0 aliphatic heterocycles. The van der Waals surface area contributed by atoms with Crippen molar-refractivity contribution in [2.24, 2.45) is 0 Å². The molecule has 0 aromatic heterocycles. The van der Waals surface area contributed by atoms with E-state index in [0.29, 0.717) is 5.69 Å². The third-order valence-corrected chi connectivity index (χ3v) is 2.15. The highest BCUT2D eigenvalue weighted by Gasteiger charge is 2.01. The molecule has 0 amide bonds. The number of hydrogen-bond donors (Lipinski definition) is 0. The third-order valence-electron chi connectivity index (χ3n) is 2.15. The Hall–Kier alpha value is -2.16. The Morgan fingerprint density at radius 2 is 1.56 bits per heavy atom. The lowest BCUT2D eigenvalue weighted by Crippen LogP contribution is -1.98. The van der Waals surface area contributed by atoms with E-state index < -0.39 is 0 Å². The highest BCUT2D eigenvalue weighted by molar-refractivity contribution is 5.76. The quantitative estimate of drug-likeness (QED) is 0.327. The predicted molar refractivity (Wildman–Crippen MR) is 61.3 cm³/mol. The van der Waals surface area contributed by atoms with E-state index in [4.69, 9.17) is 0 Å². The number of rotatable bonds is 2. The minimum absolute atomic E-state index is 0.350. The summed E-state index contributed by atoms with van der Waals surface area (Å²) in [7, 11) is 0. The fraction of sp³-hybridized carbons (Fsp3) is 0. The SMILES string of the molecule is [O-][N+](=Cc1ccccc1)c1ccc(F)cc1. The van der Waals surface area contributed by atoms with Gasteiger partial charge in [-0.2, -0.15) is 4.74 Å². The van der Waals surface area contributed by atoms with Crippen LogP contribution in [0.4, 0.5) is 10.1 Å². The van der Waals surface area contributed by atoms with E-state index in [0.717, 1.165) is 10.3 Å². The van der Waals surface area contributed by atoms with Crippen molar-refractivity contribution in [2.75, 3.05) is 0 Å². The molecule has 80 valence electrons. The second kappa shape index (κ2) is 4.57. The minimum atomic E-state index is -0.350. The van der Waals surface area contributed by atoms with Crippen molar-refractivity contribution in [3.8, 4) is 0 Å². The van der Waals surface area contributed by atoms with E-state index in [1.54, 1.807) is 0 Å². The minimum Gasteiger partial charge on any atom is -0.618 e. The molecule has 0 aliphatic carbocycles. The Bertz CT molecular complexity index is 491. The summed E-state index contributed by atoms with van der Waals surface area (Å²) >= 11 is 0. The molecule has 0 aliphatic rings. The van der Waals surface area contributed by atoms with Gasteiger partial charge in [0.05, 0.1) is 0 Å². The summed E-state index contributed by atoms with van der Waals surface area (Å²) in [5.74, 6) is -0.350. The Morgan fingerprint density at radius 3 is 2.19 bits per heavy atom. The van der Waals surface area contributed by atoms with Gasteiger partial charge in [-0.05, 0) is 24.3 Å². The summed E-state index contributed by atoms with van der Waals surface area (Å²) in [5, 5.41) is 11.7. The Kier molecular flexibility index (Phi) is 2.96. The lowest BCUT2D eigenvalue weighted by molar-refractivity contribution is -0.354. The van der Waals surface area contributed by atoms with Crippen molar-refractivity contribution < 1.29 is 9.13 Å². The Labute approximate surface area is 92.9 Å². The highest BCUT2D eigenvalue weighted by atomic mass is 19.1. The van der Waals surface area contributed by atoms with E-state index in [-0.39, 0.29) is 5.82 Å². The van der Waals surface area contributed by atoms with Crippen LogP contribution in [-0.4, -0.2) is 11.0 Å². The summed E-state index contributed by atoms with van der Waals surface area (Å²) in [6, 6.07) is 14.7. The lowest BCUT2D eigenvalue weighted by Gasteiger charge is -2.02. The molecule has 16 heavy (non-hydrogen) atoms. The topological polar surface area (TPSA) is 26.1 Å². The average Bonchev–Trinajstić information content (AvgIpc) is 2.31. The fourth-order valence-corrected chi connectivity index (χ4v) is 1.34. The summed E-state index contributed by atoms with van der Waals surface area (Å²) in [5.41, 5.74) is 1.21. The molecule has 0 radical (unpaired) electrons. The first-order valence-electron chi connectivity index (χ1n) is 4.87. The maximum Gasteiger partial charge on any atom is 0.216 e. The van der Waals surface area contributed by atoms with Gasteiger partial charge in [0.15, 0.2) is 6.21 Å². The Balaban J connectivity index is 2.28. The third kappa shape index (κ3) is 2.45. The predicted octanol–water partition coefficient (Wildman–Crippen LogP) is 3.09. The maximum atomic E-state index is 12.6. The summed E-state index contributed by atoms with van der Waals surface area (Å²) in [6.07, 6.45) is 1.45. The van der Waals surface area contributed by atoms with E-state index in [1.807, 2.05) is 30.3 Å². The summed E-state index contributed by atoms with van der Waals surface area (Å²) in [4.78, 5) is 0. The molecule has 0 fully saturated rings. The lowest BCUT2D eigenvalue weighted by atomic mass is 10.2. The van der Waals surface area contributed by atoms with Crippen LogP contribution in [0.15, 0.2) is 54.6 Å². The molecule has 0 spiro atoms. The fourth-order valence-electron chi connectivity index (χ4n) is 1.34. The monoisotopic (exact) mass is 215 g/mol. The second-order valence-corrected chi connectivity index (χ2v) is 3.34. The van der Waals surface area contributed by atoms with Crippen LogP contribution >= 0.6 is 0 Å². The van der Waals surface area contributed by atoms with Gasteiger partial charge < -0.3 is 5.21 Å². The van der Waals surface area contributed by atoms with Crippen LogP contribution in [0.25, 0.3) is 0 Å². The van der Waals surface area contributed by atoms with Crippen molar-refractivity contribution in [1.29, 1.82) is 0 Å². The van der Waals surface area contributed by atoms with Gasteiger partial charge in [0.1, 0.15) is 5.82 Å². The molecule has 0 unspecified atom stereocenters. The van der Waals surface area contributed by atoms with Crippen LogP contribution in [0, 0.1) is 11.0 Å². The number of benzene rings is 2. The van der Waals surface area contributed by atoms with Gasteiger partial charge in [0.25, 0.3) is 0 Å². The van der Waals surface area contributed by atoms with Gasteiger partial charge in [0.2, 0.25) is 5.69 Å². The smallest absolute Gasteiger partial charge is 0.216 e. The number of halogens is 1. The molecule has 0 N–H and O–H groups in total. The van der Waals surface area contributed by atoms with Gasteiger partial charge in [-0.25, -0.2) is 4.39 Å². The van der Waals surface area contributed by atoms with E-state index >= 15 is 0 Å². The van der Waals surface area contributed by atoms with Crippen molar-refractivity contribution >= 4 is 11.9 Å². The number of nitrogens with zero attached hydrogens (tertiary/aromatic N) is 1. The van der Waals surface area contributed by atoms with Crippen LogP contribution in [0.5, 0.6) is 0 Å². The molecular formula is C13H10FNO. The first kappa shape index (κ1) is 10.4. The van der Waals surface area contributed by atoms with Crippen LogP contribution < -0.4 is 0 Å². The zero-order valence-electron chi connectivity index (χ0n) is 8.51. The highest BCUT2D eigenvalue weighted by Crippen LogP contribution is 2.11. The number of hydrogen-bond acceptors (Lipinski definition) is 1. The molecule has 0 bridgehead atoms. The maximum absolute atomic E-state index is 12.6. The van der Waals surface area contributed by atoms with Gasteiger partial charge >= 0.3 is 0 Å². The molecule has 0 saturated heterocycles. The van der Waals surface area contributed by atoms with E-state index in [1.165, 1.54) is 30.5 Å². The van der Waals surface area contributed by atoms with Gasteiger partial charge in [0, 0.05) is 17.7 Å². The Morgan fingerprint density at radius 1 is 0.938 bits per heavy atom. The van der Waals surface area contributed by atoms with Crippen LogP contribution in [0.3, 0.4) is 0 Å². The summed E-state index contributed by atoms with van der Waals surface area (Å²) < 4.78 is 13.4. The van der Waals surface area contributed by atoms with Gasteiger partial charge in [-0.1, -0.05) is 18.2 Å². The van der Waals surface area contributed by atoms with Crippen molar-refractivity contribution in [1.82, 2.24) is 0 Å². The summed E-state index contributed by atoms with van der Waals surface area (Å²) in [6.45, 7) is 0. The molecule has 2 aromatic carbocycles. The zero-order chi connectivity index (χ0) is 11.4. The molecule has 2 aromatic rings.